The Hall–Kier alpha value is -3.18. The van der Waals surface area contributed by atoms with E-state index in [4.69, 9.17) is 10.5 Å². The maximum absolute atomic E-state index is 13.0. The molecule has 1 atom stereocenters. The maximum atomic E-state index is 13.0. The number of anilines is 4. The molecule has 1 saturated carbocycles. The Morgan fingerprint density at radius 3 is 2.58 bits per heavy atom. The van der Waals surface area contributed by atoms with Crippen molar-refractivity contribution in [2.45, 2.75) is 37.8 Å². The van der Waals surface area contributed by atoms with Crippen molar-refractivity contribution in [2.75, 3.05) is 41.3 Å². The molecule has 11 nitrogen and oxygen atoms in total. The molecule has 12 heteroatoms. The lowest BCUT2D eigenvalue weighted by Gasteiger charge is -2.35. The molecule has 0 bridgehead atoms. The van der Waals surface area contributed by atoms with Crippen LogP contribution < -0.4 is 30.9 Å². The molecule has 5 rings (SSSR count). The Morgan fingerprint density at radius 1 is 1.15 bits per heavy atom. The van der Waals surface area contributed by atoms with Crippen LogP contribution in [0.1, 0.15) is 25.7 Å². The van der Waals surface area contributed by atoms with E-state index in [-0.39, 0.29) is 24.2 Å². The molecule has 0 spiro atoms. The summed E-state index contributed by atoms with van der Waals surface area (Å²) in [6.07, 6.45) is 5.66. The summed E-state index contributed by atoms with van der Waals surface area (Å²) in [6, 6.07) is 3.85. The standard InChI is InChI=1S/C21H26N8O3.ClH/c22-18(30)17-20(31)29(13-3-1-2-4-13)19-15(32-17)12-25-21(27-19)26-16-6-5-14(11-24-16)28-9-7-23-8-10-28;/h5-6,11-13,17,23H,1-4,7-10H2,(H2,22,30)(H,24,25,26,27);1H. The number of rotatable bonds is 5. The highest BCUT2D eigenvalue weighted by Gasteiger charge is 2.43. The highest BCUT2D eigenvalue weighted by atomic mass is 35.5. The van der Waals surface area contributed by atoms with Crippen molar-refractivity contribution in [1.29, 1.82) is 0 Å². The van der Waals surface area contributed by atoms with Crippen LogP contribution in [0.4, 0.5) is 23.3 Å². The van der Waals surface area contributed by atoms with E-state index in [9.17, 15) is 9.59 Å². The van der Waals surface area contributed by atoms with E-state index in [1.54, 1.807) is 4.90 Å². The Balaban J connectivity index is 0.00000259. The molecule has 4 heterocycles. The SMILES string of the molecule is Cl.NC(=O)C1Oc2cnc(Nc3ccc(N4CCNCC4)cn3)nc2N(C2CCCC2)C1=O. The number of halogens is 1. The number of nitrogens with one attached hydrogen (secondary N) is 2. The quantitative estimate of drug-likeness (QED) is 0.541. The van der Waals surface area contributed by atoms with Gasteiger partial charge in [-0.15, -0.1) is 12.4 Å². The number of carbonyl (C=O) groups is 2. The van der Waals surface area contributed by atoms with Gasteiger partial charge in [0.05, 0.1) is 18.1 Å². The average Bonchev–Trinajstić information content (AvgIpc) is 3.34. The summed E-state index contributed by atoms with van der Waals surface area (Å²) in [6.45, 7) is 3.80. The third-order valence-corrected chi connectivity index (χ3v) is 6.09. The molecule has 2 aliphatic heterocycles. The van der Waals surface area contributed by atoms with Gasteiger partial charge in [-0.3, -0.25) is 14.5 Å². The molecule has 1 saturated heterocycles. The second kappa shape index (κ2) is 9.75. The minimum Gasteiger partial charge on any atom is -0.465 e. The third kappa shape index (κ3) is 4.64. The fraction of sp³-hybridized carbons (Fsp3) is 0.476. The predicted octanol–water partition coefficient (Wildman–Crippen LogP) is 0.968. The molecule has 0 aromatic carbocycles. The number of ether oxygens (including phenoxy) is 1. The summed E-state index contributed by atoms with van der Waals surface area (Å²) in [5.74, 6) is 0.222. The monoisotopic (exact) mass is 474 g/mol. The maximum Gasteiger partial charge on any atom is 0.279 e. The van der Waals surface area contributed by atoms with Crippen LogP contribution in [-0.4, -0.2) is 65.1 Å². The minimum absolute atomic E-state index is 0. The number of nitrogens with zero attached hydrogens (tertiary/aromatic N) is 5. The second-order valence-electron chi connectivity index (χ2n) is 8.19. The molecule has 0 radical (unpaired) electrons. The second-order valence-corrected chi connectivity index (χ2v) is 8.19. The van der Waals surface area contributed by atoms with Gasteiger partial charge in [-0.2, -0.15) is 4.98 Å². The Labute approximate surface area is 197 Å². The summed E-state index contributed by atoms with van der Waals surface area (Å²) in [7, 11) is 0. The number of aromatic nitrogens is 3. The van der Waals surface area contributed by atoms with Gasteiger partial charge in [-0.1, -0.05) is 12.8 Å². The van der Waals surface area contributed by atoms with Gasteiger partial charge < -0.3 is 26.0 Å². The van der Waals surface area contributed by atoms with E-state index in [2.05, 4.69) is 30.5 Å². The van der Waals surface area contributed by atoms with Crippen LogP contribution in [0.15, 0.2) is 24.5 Å². The first kappa shape index (κ1) is 23.0. The molecular formula is C21H27ClN8O3. The number of piperazine rings is 1. The van der Waals surface area contributed by atoms with Crippen LogP contribution >= 0.6 is 12.4 Å². The number of primary amides is 1. The van der Waals surface area contributed by atoms with Crippen molar-refractivity contribution < 1.29 is 14.3 Å². The lowest BCUT2D eigenvalue weighted by molar-refractivity contribution is -0.137. The van der Waals surface area contributed by atoms with Crippen LogP contribution in [0.3, 0.4) is 0 Å². The van der Waals surface area contributed by atoms with Crippen LogP contribution in [0.2, 0.25) is 0 Å². The van der Waals surface area contributed by atoms with Gasteiger partial charge in [0.25, 0.3) is 17.9 Å². The number of pyridine rings is 1. The van der Waals surface area contributed by atoms with Crippen molar-refractivity contribution in [1.82, 2.24) is 20.3 Å². The fourth-order valence-corrected chi connectivity index (χ4v) is 4.47. The van der Waals surface area contributed by atoms with E-state index >= 15 is 0 Å². The molecule has 2 amide bonds. The van der Waals surface area contributed by atoms with Crippen LogP contribution in [0, 0.1) is 0 Å². The van der Waals surface area contributed by atoms with E-state index in [1.807, 2.05) is 18.3 Å². The van der Waals surface area contributed by atoms with E-state index in [0.29, 0.717) is 17.6 Å². The zero-order valence-electron chi connectivity index (χ0n) is 18.1. The number of carbonyl (C=O) groups excluding carboxylic acids is 2. The Morgan fingerprint density at radius 2 is 1.91 bits per heavy atom. The smallest absolute Gasteiger partial charge is 0.279 e. The van der Waals surface area contributed by atoms with Crippen molar-refractivity contribution in [3.05, 3.63) is 24.5 Å². The lowest BCUT2D eigenvalue weighted by atomic mass is 10.1. The Kier molecular flexibility index (Phi) is 6.80. The largest absolute Gasteiger partial charge is 0.465 e. The zero-order chi connectivity index (χ0) is 22.1. The lowest BCUT2D eigenvalue weighted by Crippen LogP contribution is -2.55. The number of amides is 2. The fourth-order valence-electron chi connectivity index (χ4n) is 4.47. The van der Waals surface area contributed by atoms with Gasteiger partial charge in [-0.05, 0) is 25.0 Å². The topological polar surface area (TPSA) is 139 Å². The molecule has 4 N–H and O–H groups in total. The molecule has 3 aliphatic rings. The summed E-state index contributed by atoms with van der Waals surface area (Å²) in [5.41, 5.74) is 6.46. The number of nitrogens with two attached hydrogens (primary N) is 1. The van der Waals surface area contributed by atoms with Gasteiger partial charge in [-0.25, -0.2) is 9.97 Å². The van der Waals surface area contributed by atoms with Gasteiger partial charge >= 0.3 is 0 Å². The average molecular weight is 475 g/mol. The summed E-state index contributed by atoms with van der Waals surface area (Å²) in [4.78, 5) is 41.9. The van der Waals surface area contributed by atoms with Crippen molar-refractivity contribution in [3.63, 3.8) is 0 Å². The van der Waals surface area contributed by atoms with Crippen LogP contribution in [0.5, 0.6) is 5.75 Å². The van der Waals surface area contributed by atoms with E-state index < -0.39 is 17.9 Å². The highest BCUT2D eigenvalue weighted by Crippen LogP contribution is 2.37. The molecule has 176 valence electrons. The molecule has 33 heavy (non-hydrogen) atoms. The summed E-state index contributed by atoms with van der Waals surface area (Å²) >= 11 is 0. The summed E-state index contributed by atoms with van der Waals surface area (Å²) in [5, 5.41) is 6.43. The van der Waals surface area contributed by atoms with Crippen LogP contribution in [0.25, 0.3) is 0 Å². The van der Waals surface area contributed by atoms with Gasteiger partial charge in [0.2, 0.25) is 5.95 Å². The molecular weight excluding hydrogens is 448 g/mol. The summed E-state index contributed by atoms with van der Waals surface area (Å²) < 4.78 is 5.54. The minimum atomic E-state index is -1.36. The first-order valence-electron chi connectivity index (χ1n) is 10.9. The molecule has 1 unspecified atom stereocenters. The van der Waals surface area contributed by atoms with Gasteiger partial charge in [0, 0.05) is 32.2 Å². The molecule has 2 aromatic rings. The number of hydrogen-bond donors (Lipinski definition) is 3. The third-order valence-electron chi connectivity index (χ3n) is 6.09. The van der Waals surface area contributed by atoms with Crippen molar-refractivity contribution in [3.8, 4) is 5.75 Å². The van der Waals surface area contributed by atoms with E-state index in [1.165, 1.54) is 6.20 Å². The first-order valence-corrected chi connectivity index (χ1v) is 10.9. The van der Waals surface area contributed by atoms with Crippen molar-refractivity contribution >= 4 is 47.5 Å². The van der Waals surface area contributed by atoms with E-state index in [0.717, 1.165) is 57.5 Å². The predicted molar refractivity (Wildman–Crippen MR) is 125 cm³/mol. The van der Waals surface area contributed by atoms with Crippen LogP contribution in [-0.2, 0) is 9.59 Å². The first-order chi connectivity index (χ1) is 15.6. The number of fused-ring (bicyclic) bond motifs is 1. The zero-order valence-corrected chi connectivity index (χ0v) is 18.9. The normalized spacial score (nSPS) is 20.6. The number of hydrogen-bond acceptors (Lipinski definition) is 9. The van der Waals surface area contributed by atoms with Crippen molar-refractivity contribution in [2.24, 2.45) is 5.73 Å². The van der Waals surface area contributed by atoms with Gasteiger partial charge in [0.1, 0.15) is 5.82 Å². The highest BCUT2D eigenvalue weighted by molar-refractivity contribution is 6.12. The van der Waals surface area contributed by atoms with Gasteiger partial charge in [0.15, 0.2) is 11.6 Å². The molecule has 1 aliphatic carbocycles. The molecule has 2 fully saturated rings. The Bertz CT molecular complexity index is 1010. The molecule has 2 aromatic heterocycles.